The van der Waals surface area contributed by atoms with Gasteiger partial charge in [0.15, 0.2) is 0 Å². The predicted molar refractivity (Wildman–Crippen MR) is 82.6 cm³/mol. The minimum Gasteiger partial charge on any atom is -0.311 e. The van der Waals surface area contributed by atoms with Gasteiger partial charge in [-0.25, -0.2) is 0 Å². The Morgan fingerprint density at radius 1 is 1.16 bits per heavy atom. The van der Waals surface area contributed by atoms with Crippen LogP contribution in [-0.2, 0) is 0 Å². The van der Waals surface area contributed by atoms with Crippen molar-refractivity contribution in [1.29, 1.82) is 0 Å². The number of nitrogens with one attached hydrogen (secondary N) is 2. The second-order valence-corrected chi connectivity index (χ2v) is 6.78. The van der Waals surface area contributed by atoms with Crippen LogP contribution >= 0.6 is 0 Å². The van der Waals surface area contributed by atoms with Crippen molar-refractivity contribution >= 4 is 0 Å². The molecule has 2 heteroatoms. The van der Waals surface area contributed by atoms with E-state index in [0.29, 0.717) is 11.5 Å². The van der Waals surface area contributed by atoms with Gasteiger partial charge in [0.1, 0.15) is 0 Å². The lowest BCUT2D eigenvalue weighted by molar-refractivity contribution is 0.397. The van der Waals surface area contributed by atoms with Gasteiger partial charge in [0.2, 0.25) is 0 Å². The summed E-state index contributed by atoms with van der Waals surface area (Å²) in [6.07, 6.45) is 2.49. The van der Waals surface area contributed by atoms with Crippen LogP contribution in [0.3, 0.4) is 0 Å². The Morgan fingerprint density at radius 3 is 2.42 bits per heavy atom. The maximum atomic E-state index is 3.78. The predicted octanol–water partition coefficient (Wildman–Crippen LogP) is 3.30. The van der Waals surface area contributed by atoms with Crippen molar-refractivity contribution in [2.45, 2.75) is 57.5 Å². The van der Waals surface area contributed by atoms with Gasteiger partial charge in [-0.15, -0.1) is 0 Å². The van der Waals surface area contributed by atoms with Crippen LogP contribution in [0, 0.1) is 0 Å². The molecule has 2 N–H and O–H groups in total. The highest BCUT2D eigenvalue weighted by Crippen LogP contribution is 2.53. The molecule has 1 aromatic rings. The molecule has 2 rings (SSSR count). The van der Waals surface area contributed by atoms with Crippen LogP contribution in [-0.4, -0.2) is 24.2 Å². The van der Waals surface area contributed by atoms with Crippen molar-refractivity contribution in [3.63, 3.8) is 0 Å². The number of benzene rings is 1. The van der Waals surface area contributed by atoms with Crippen molar-refractivity contribution in [1.82, 2.24) is 10.6 Å². The zero-order chi connectivity index (χ0) is 13.9. The molecular weight excluding hydrogens is 232 g/mol. The van der Waals surface area contributed by atoms with E-state index >= 15 is 0 Å². The zero-order valence-electron chi connectivity index (χ0n) is 12.8. The third-order valence-corrected chi connectivity index (χ3v) is 4.17. The lowest BCUT2D eigenvalue weighted by Gasteiger charge is -2.23. The maximum absolute atomic E-state index is 3.78. The van der Waals surface area contributed by atoms with Crippen molar-refractivity contribution in [3.05, 3.63) is 35.9 Å². The highest BCUT2D eigenvalue weighted by molar-refractivity contribution is 5.33. The summed E-state index contributed by atoms with van der Waals surface area (Å²) in [6.45, 7) is 11.0. The first kappa shape index (κ1) is 14.5. The molecule has 0 unspecified atom stereocenters. The molecule has 106 valence electrons. The Labute approximate surface area is 118 Å². The minimum atomic E-state index is 0.212. The second-order valence-electron chi connectivity index (χ2n) is 6.78. The van der Waals surface area contributed by atoms with Gasteiger partial charge in [-0.3, -0.25) is 0 Å². The summed E-state index contributed by atoms with van der Waals surface area (Å²) in [5, 5.41) is 7.32. The summed E-state index contributed by atoms with van der Waals surface area (Å²) in [7, 11) is 0. The van der Waals surface area contributed by atoms with E-state index in [9.17, 15) is 0 Å². The Kier molecular flexibility index (Phi) is 4.32. The van der Waals surface area contributed by atoms with Crippen molar-refractivity contribution < 1.29 is 0 Å². The van der Waals surface area contributed by atoms with Crippen LogP contribution in [0.2, 0.25) is 0 Å². The molecule has 1 aliphatic carbocycles. The quantitative estimate of drug-likeness (QED) is 0.767. The Morgan fingerprint density at radius 2 is 1.84 bits per heavy atom. The van der Waals surface area contributed by atoms with E-state index in [4.69, 9.17) is 0 Å². The zero-order valence-corrected chi connectivity index (χ0v) is 12.8. The Balaban J connectivity index is 1.82. The molecule has 1 aliphatic rings. The molecule has 0 saturated heterocycles. The van der Waals surface area contributed by atoms with Crippen LogP contribution in [0.4, 0.5) is 0 Å². The van der Waals surface area contributed by atoms with E-state index in [1.165, 1.54) is 18.4 Å². The van der Waals surface area contributed by atoms with E-state index in [1.54, 1.807) is 0 Å². The van der Waals surface area contributed by atoms with Crippen LogP contribution in [0.15, 0.2) is 30.3 Å². The normalized spacial score (nSPS) is 26.4. The third kappa shape index (κ3) is 3.80. The number of hydrogen-bond donors (Lipinski definition) is 2. The molecule has 0 aromatic heterocycles. The molecule has 0 amide bonds. The average Bonchev–Trinajstić information content (AvgIpc) is 3.10. The first-order valence-corrected chi connectivity index (χ1v) is 7.52. The van der Waals surface area contributed by atoms with Crippen molar-refractivity contribution in [2.75, 3.05) is 13.1 Å². The van der Waals surface area contributed by atoms with Crippen LogP contribution < -0.4 is 10.6 Å². The summed E-state index contributed by atoms with van der Waals surface area (Å²) >= 11 is 0. The van der Waals surface area contributed by atoms with Gasteiger partial charge < -0.3 is 10.6 Å². The van der Waals surface area contributed by atoms with Crippen LogP contribution in [0.1, 0.15) is 52.0 Å². The fourth-order valence-corrected chi connectivity index (χ4v) is 2.89. The van der Waals surface area contributed by atoms with Crippen LogP contribution in [0.25, 0.3) is 0 Å². The third-order valence-electron chi connectivity index (χ3n) is 4.17. The van der Waals surface area contributed by atoms with E-state index in [-0.39, 0.29) is 5.54 Å². The maximum Gasteiger partial charge on any atom is 0.0255 e. The molecule has 0 heterocycles. The van der Waals surface area contributed by atoms with Crippen LogP contribution in [0.5, 0.6) is 0 Å². The molecular formula is C17H28N2. The highest BCUT2D eigenvalue weighted by Gasteiger charge is 2.52. The van der Waals surface area contributed by atoms with Gasteiger partial charge in [-0.2, -0.15) is 0 Å². The smallest absolute Gasteiger partial charge is 0.0255 e. The molecule has 1 aromatic carbocycles. The molecule has 0 aliphatic heterocycles. The van der Waals surface area contributed by atoms with Crippen molar-refractivity contribution in [3.8, 4) is 0 Å². The highest BCUT2D eigenvalue weighted by atomic mass is 15.1. The van der Waals surface area contributed by atoms with Gasteiger partial charge in [0.25, 0.3) is 0 Å². The lowest BCUT2D eigenvalue weighted by Crippen LogP contribution is -2.43. The standard InChI is InChI=1S/C17H28N2/c1-5-17(19-12-11-18-16(2,3)4)13-15(17)14-9-7-6-8-10-14/h6-10,15,18-19H,5,11-13H2,1-4H3/t15-,17+/m0/s1. The monoisotopic (exact) mass is 260 g/mol. The fourth-order valence-electron chi connectivity index (χ4n) is 2.89. The molecule has 1 saturated carbocycles. The molecule has 0 spiro atoms. The van der Waals surface area contributed by atoms with Gasteiger partial charge >= 0.3 is 0 Å². The number of hydrogen-bond acceptors (Lipinski definition) is 2. The first-order valence-electron chi connectivity index (χ1n) is 7.52. The molecule has 0 radical (unpaired) electrons. The van der Waals surface area contributed by atoms with Gasteiger partial charge in [0.05, 0.1) is 0 Å². The van der Waals surface area contributed by atoms with Gasteiger partial charge in [-0.1, -0.05) is 37.3 Å². The van der Waals surface area contributed by atoms with Crippen molar-refractivity contribution in [2.24, 2.45) is 0 Å². The summed E-state index contributed by atoms with van der Waals surface area (Å²) in [5.41, 5.74) is 2.05. The second kappa shape index (κ2) is 5.64. The molecule has 2 nitrogen and oxygen atoms in total. The summed E-state index contributed by atoms with van der Waals surface area (Å²) in [5.74, 6) is 0.702. The summed E-state index contributed by atoms with van der Waals surface area (Å²) in [6, 6.07) is 10.9. The molecule has 19 heavy (non-hydrogen) atoms. The first-order chi connectivity index (χ1) is 8.97. The fraction of sp³-hybridized carbons (Fsp3) is 0.647. The molecule has 0 bridgehead atoms. The van der Waals surface area contributed by atoms with Gasteiger partial charge in [-0.05, 0) is 39.2 Å². The minimum absolute atomic E-state index is 0.212. The van der Waals surface area contributed by atoms with E-state index in [1.807, 2.05) is 0 Å². The number of rotatable bonds is 6. The van der Waals surface area contributed by atoms with E-state index in [0.717, 1.165) is 13.1 Å². The Bertz CT molecular complexity index is 393. The topological polar surface area (TPSA) is 24.1 Å². The Hall–Kier alpha value is -0.860. The molecule has 1 fully saturated rings. The molecule has 2 atom stereocenters. The van der Waals surface area contributed by atoms with E-state index < -0.39 is 0 Å². The SMILES string of the molecule is CC[C@@]1(NCCNC(C)(C)C)C[C@H]1c1ccccc1. The average molecular weight is 260 g/mol. The van der Waals surface area contributed by atoms with Gasteiger partial charge in [0, 0.05) is 30.1 Å². The summed E-state index contributed by atoms with van der Waals surface area (Å²) in [4.78, 5) is 0. The largest absolute Gasteiger partial charge is 0.311 e. The van der Waals surface area contributed by atoms with E-state index in [2.05, 4.69) is 68.7 Å². The lowest BCUT2D eigenvalue weighted by atomic mass is 10.0. The summed E-state index contributed by atoms with van der Waals surface area (Å²) < 4.78 is 0.